The molecule has 0 saturated heterocycles. The van der Waals surface area contributed by atoms with Crippen LogP contribution in [0.4, 0.5) is 13.6 Å². The van der Waals surface area contributed by atoms with E-state index < -0.39 is 29.7 Å². The highest BCUT2D eigenvalue weighted by molar-refractivity contribution is 5.95. The molecule has 8 heteroatoms. The normalized spacial score (nSPS) is 16.5. The van der Waals surface area contributed by atoms with Crippen molar-refractivity contribution in [2.24, 2.45) is 0 Å². The van der Waals surface area contributed by atoms with E-state index in [1.807, 2.05) is 24.3 Å². The summed E-state index contributed by atoms with van der Waals surface area (Å²) in [4.78, 5) is 26.9. The highest BCUT2D eigenvalue weighted by Gasteiger charge is 2.37. The molecule has 0 radical (unpaired) electrons. The number of esters is 1. The lowest BCUT2D eigenvalue weighted by Crippen LogP contribution is -2.48. The van der Waals surface area contributed by atoms with Crippen molar-refractivity contribution in [3.8, 4) is 5.75 Å². The number of hydrogen-bond donors (Lipinski definition) is 1. The van der Waals surface area contributed by atoms with Gasteiger partial charge < -0.3 is 14.8 Å². The number of benzene rings is 2. The number of nitrogens with zero attached hydrogens (tertiary/aromatic N) is 1. The average Bonchev–Trinajstić information content (AvgIpc) is 2.75. The van der Waals surface area contributed by atoms with E-state index in [-0.39, 0.29) is 35.6 Å². The molecule has 1 heterocycles. The predicted octanol–water partition coefficient (Wildman–Crippen LogP) is 4.85. The Bertz CT molecular complexity index is 1070. The molecule has 176 valence electrons. The Hall–Kier alpha value is -3.42. The molecule has 0 bridgehead atoms. The van der Waals surface area contributed by atoms with Gasteiger partial charge in [0.2, 0.25) is 0 Å². The van der Waals surface area contributed by atoms with Gasteiger partial charge in [0.15, 0.2) is 11.6 Å². The molecule has 0 spiro atoms. The number of hydrogen-bond acceptors (Lipinski definition) is 4. The van der Waals surface area contributed by atoms with Crippen LogP contribution >= 0.6 is 0 Å². The van der Waals surface area contributed by atoms with E-state index in [1.165, 1.54) is 11.9 Å². The summed E-state index contributed by atoms with van der Waals surface area (Å²) in [5.74, 6) is -2.44. The molecule has 2 amide bonds. The number of amides is 2. The van der Waals surface area contributed by atoms with Crippen LogP contribution in [0.1, 0.15) is 44.9 Å². The molecule has 0 fully saturated rings. The van der Waals surface area contributed by atoms with E-state index in [9.17, 15) is 18.4 Å². The number of carbonyl (C=O) groups is 2. The van der Waals surface area contributed by atoms with Crippen molar-refractivity contribution >= 4 is 12.0 Å². The van der Waals surface area contributed by atoms with Gasteiger partial charge in [-0.1, -0.05) is 45.0 Å². The minimum atomic E-state index is -0.884. The second kappa shape index (κ2) is 9.60. The third kappa shape index (κ3) is 5.32. The fraction of sp³-hybridized carbons (Fsp3) is 0.360. The molecule has 2 aromatic rings. The van der Waals surface area contributed by atoms with Crippen LogP contribution in [0.25, 0.3) is 0 Å². The topological polar surface area (TPSA) is 67.9 Å². The largest absolute Gasteiger partial charge is 0.484 e. The summed E-state index contributed by atoms with van der Waals surface area (Å²) in [6.07, 6.45) is 0. The average molecular weight is 459 g/mol. The lowest BCUT2D eigenvalue weighted by atomic mass is 9.85. The van der Waals surface area contributed by atoms with Gasteiger partial charge in [0, 0.05) is 13.1 Å². The van der Waals surface area contributed by atoms with Gasteiger partial charge in [0.05, 0.1) is 23.9 Å². The molecular formula is C25H28F2N2O4. The number of likely N-dealkylation sites (N-methyl/N-ethyl adjacent to an activating group) is 1. The highest BCUT2D eigenvalue weighted by atomic mass is 19.1. The van der Waals surface area contributed by atoms with Gasteiger partial charge >= 0.3 is 12.0 Å². The number of urea groups is 1. The zero-order valence-corrected chi connectivity index (χ0v) is 19.4. The smallest absolute Gasteiger partial charge is 0.338 e. The van der Waals surface area contributed by atoms with Crippen LogP contribution in [-0.4, -0.2) is 37.2 Å². The molecule has 3 rings (SSSR count). The van der Waals surface area contributed by atoms with Gasteiger partial charge in [0.25, 0.3) is 0 Å². The summed E-state index contributed by atoms with van der Waals surface area (Å²) in [5.41, 5.74) is 2.14. The summed E-state index contributed by atoms with van der Waals surface area (Å²) >= 11 is 0. The van der Waals surface area contributed by atoms with E-state index in [4.69, 9.17) is 9.47 Å². The van der Waals surface area contributed by atoms with Gasteiger partial charge in [-0.15, -0.1) is 0 Å². The molecule has 2 aromatic carbocycles. The highest BCUT2D eigenvalue weighted by Crippen LogP contribution is 2.33. The molecule has 0 aliphatic carbocycles. The van der Waals surface area contributed by atoms with Crippen molar-refractivity contribution < 1.29 is 27.8 Å². The Morgan fingerprint density at radius 2 is 1.79 bits per heavy atom. The second-order valence-electron chi connectivity index (χ2n) is 8.76. The summed E-state index contributed by atoms with van der Waals surface area (Å²) < 4.78 is 38.1. The maximum absolute atomic E-state index is 14.1. The van der Waals surface area contributed by atoms with Crippen molar-refractivity contribution in [3.63, 3.8) is 0 Å². The molecule has 0 aromatic heterocycles. The molecule has 1 N–H and O–H groups in total. The van der Waals surface area contributed by atoms with Crippen molar-refractivity contribution in [1.82, 2.24) is 10.2 Å². The predicted molar refractivity (Wildman–Crippen MR) is 120 cm³/mol. The van der Waals surface area contributed by atoms with Crippen LogP contribution < -0.4 is 10.1 Å². The number of rotatable bonds is 6. The molecular weight excluding hydrogens is 430 g/mol. The van der Waals surface area contributed by atoms with Gasteiger partial charge in [0.1, 0.15) is 12.4 Å². The Balaban J connectivity index is 2.03. The van der Waals surface area contributed by atoms with Crippen molar-refractivity contribution in [1.29, 1.82) is 0 Å². The van der Waals surface area contributed by atoms with Crippen LogP contribution in [0.3, 0.4) is 0 Å². The standard InChI is InChI=1S/C25H28F2N2O4/c1-6-32-23(30)21-19(14-33-20-12-11-17(26)13-18(20)27)29(5)24(31)28-22(21)15-7-9-16(10-8-15)25(2,3)4/h7-13,22H,6,14H2,1-5H3,(H,28,31). The van der Waals surface area contributed by atoms with E-state index in [1.54, 1.807) is 6.92 Å². The lowest BCUT2D eigenvalue weighted by molar-refractivity contribution is -0.139. The SMILES string of the molecule is CCOC(=O)C1=C(COc2ccc(F)cc2F)N(C)C(=O)NC1c1ccc(C(C)(C)C)cc1. The molecule has 0 saturated carbocycles. The zero-order chi connectivity index (χ0) is 24.3. The minimum absolute atomic E-state index is 0.0629. The van der Waals surface area contributed by atoms with Crippen molar-refractivity contribution in [2.45, 2.75) is 39.2 Å². The molecule has 33 heavy (non-hydrogen) atoms. The summed E-state index contributed by atoms with van der Waals surface area (Å²) in [6.45, 7) is 7.79. The Morgan fingerprint density at radius 1 is 1.12 bits per heavy atom. The number of halogens is 2. The fourth-order valence-electron chi connectivity index (χ4n) is 3.55. The summed E-state index contributed by atoms with van der Waals surface area (Å²) in [5, 5.41) is 2.83. The third-order valence-corrected chi connectivity index (χ3v) is 5.44. The maximum Gasteiger partial charge on any atom is 0.338 e. The van der Waals surface area contributed by atoms with Gasteiger partial charge in [-0.25, -0.2) is 18.4 Å². The van der Waals surface area contributed by atoms with E-state index in [2.05, 4.69) is 26.1 Å². The number of carbonyl (C=O) groups excluding carboxylic acids is 2. The van der Waals surface area contributed by atoms with Crippen LogP contribution in [0.15, 0.2) is 53.7 Å². The van der Waals surface area contributed by atoms with Crippen molar-refractivity contribution in [3.05, 3.63) is 76.5 Å². The van der Waals surface area contributed by atoms with Gasteiger partial charge in [-0.2, -0.15) is 0 Å². The van der Waals surface area contributed by atoms with E-state index in [0.29, 0.717) is 11.6 Å². The monoisotopic (exact) mass is 458 g/mol. The Kier molecular flexibility index (Phi) is 7.05. The van der Waals surface area contributed by atoms with Crippen LogP contribution in [0.5, 0.6) is 5.75 Å². The van der Waals surface area contributed by atoms with Crippen LogP contribution in [0.2, 0.25) is 0 Å². The van der Waals surface area contributed by atoms with E-state index >= 15 is 0 Å². The lowest BCUT2D eigenvalue weighted by Gasteiger charge is -2.34. The molecule has 1 atom stereocenters. The van der Waals surface area contributed by atoms with Crippen LogP contribution in [0, 0.1) is 11.6 Å². The number of nitrogens with one attached hydrogen (secondary N) is 1. The third-order valence-electron chi connectivity index (χ3n) is 5.44. The molecule has 6 nitrogen and oxygen atoms in total. The first-order valence-corrected chi connectivity index (χ1v) is 10.7. The fourth-order valence-corrected chi connectivity index (χ4v) is 3.55. The second-order valence-corrected chi connectivity index (χ2v) is 8.76. The Morgan fingerprint density at radius 3 is 2.36 bits per heavy atom. The summed E-state index contributed by atoms with van der Waals surface area (Å²) in [7, 11) is 1.48. The summed E-state index contributed by atoms with van der Waals surface area (Å²) in [6, 6.07) is 9.30. The zero-order valence-electron chi connectivity index (χ0n) is 19.4. The molecule has 1 aliphatic rings. The molecule has 1 aliphatic heterocycles. The molecule has 1 unspecified atom stereocenters. The first-order chi connectivity index (χ1) is 15.5. The van der Waals surface area contributed by atoms with Gasteiger partial charge in [-0.05, 0) is 35.6 Å². The maximum atomic E-state index is 14.1. The van der Waals surface area contributed by atoms with E-state index in [0.717, 1.165) is 17.7 Å². The first kappa shape index (κ1) is 24.2. The van der Waals surface area contributed by atoms with Crippen molar-refractivity contribution in [2.75, 3.05) is 20.3 Å². The Labute approximate surface area is 192 Å². The quantitative estimate of drug-likeness (QED) is 0.628. The van der Waals surface area contributed by atoms with Crippen LogP contribution in [-0.2, 0) is 14.9 Å². The van der Waals surface area contributed by atoms with Gasteiger partial charge in [-0.3, -0.25) is 4.90 Å². The number of ether oxygens (including phenoxy) is 2. The minimum Gasteiger partial charge on any atom is -0.484 e. The first-order valence-electron chi connectivity index (χ1n) is 10.7.